The molecule has 5 nitrogen and oxygen atoms in total. The highest BCUT2D eigenvalue weighted by Crippen LogP contribution is 2.32. The zero-order valence-corrected chi connectivity index (χ0v) is 14.8. The molecule has 1 aliphatic heterocycles. The smallest absolute Gasteiger partial charge is 0.253 e. The number of nitrogens with one attached hydrogen (secondary N) is 2. The maximum absolute atomic E-state index is 12.7. The first-order valence-electron chi connectivity index (χ1n) is 8.83. The summed E-state index contributed by atoms with van der Waals surface area (Å²) in [6.07, 6.45) is 0. The van der Waals surface area contributed by atoms with Crippen LogP contribution in [0.3, 0.4) is 0 Å². The van der Waals surface area contributed by atoms with Crippen molar-refractivity contribution in [3.8, 4) is 11.5 Å². The lowest BCUT2D eigenvalue weighted by molar-refractivity contribution is 0.0951. The van der Waals surface area contributed by atoms with Gasteiger partial charge in [-0.15, -0.1) is 0 Å². The van der Waals surface area contributed by atoms with Gasteiger partial charge in [-0.2, -0.15) is 0 Å². The average Bonchev–Trinajstić information content (AvgIpc) is 3.19. The van der Waals surface area contributed by atoms with Crippen molar-refractivity contribution in [1.29, 1.82) is 0 Å². The predicted octanol–water partition coefficient (Wildman–Crippen LogP) is 3.96. The molecule has 3 aromatic rings. The fraction of sp³-hybridized carbons (Fsp3) is 0.136. The van der Waals surface area contributed by atoms with Crippen molar-refractivity contribution < 1.29 is 14.3 Å². The summed E-state index contributed by atoms with van der Waals surface area (Å²) in [4.78, 5) is 12.7. The van der Waals surface area contributed by atoms with Crippen LogP contribution in [-0.4, -0.2) is 12.7 Å². The molecule has 0 radical (unpaired) electrons. The van der Waals surface area contributed by atoms with Crippen LogP contribution >= 0.6 is 0 Å². The number of para-hydroxylation sites is 1. The van der Waals surface area contributed by atoms with Crippen molar-refractivity contribution in [2.45, 2.75) is 13.1 Å². The van der Waals surface area contributed by atoms with E-state index in [1.807, 2.05) is 60.7 Å². The molecule has 1 heterocycles. The third kappa shape index (κ3) is 4.03. The van der Waals surface area contributed by atoms with Gasteiger partial charge in [0.15, 0.2) is 11.5 Å². The van der Waals surface area contributed by atoms with Crippen molar-refractivity contribution in [2.75, 3.05) is 12.1 Å². The minimum atomic E-state index is -0.121. The van der Waals surface area contributed by atoms with Crippen LogP contribution in [0.2, 0.25) is 0 Å². The number of rotatable bonds is 6. The largest absolute Gasteiger partial charge is 0.454 e. The van der Waals surface area contributed by atoms with Gasteiger partial charge in [0, 0.05) is 18.8 Å². The maximum atomic E-state index is 12.7. The second-order valence-electron chi connectivity index (χ2n) is 6.26. The van der Waals surface area contributed by atoms with Crippen molar-refractivity contribution in [3.05, 3.63) is 89.5 Å². The molecule has 1 aliphatic rings. The minimum Gasteiger partial charge on any atom is -0.454 e. The fourth-order valence-corrected chi connectivity index (χ4v) is 2.96. The first-order chi connectivity index (χ1) is 13.3. The SMILES string of the molecule is O=C(NCc1ccc2c(c1)OCO2)c1ccccc1NCc1ccccc1. The Morgan fingerprint density at radius 1 is 0.815 bits per heavy atom. The predicted molar refractivity (Wildman–Crippen MR) is 104 cm³/mol. The van der Waals surface area contributed by atoms with Gasteiger partial charge in [0.1, 0.15) is 0 Å². The van der Waals surface area contributed by atoms with Gasteiger partial charge < -0.3 is 20.1 Å². The number of anilines is 1. The van der Waals surface area contributed by atoms with Crippen molar-refractivity contribution in [2.24, 2.45) is 0 Å². The Morgan fingerprint density at radius 2 is 1.59 bits per heavy atom. The van der Waals surface area contributed by atoms with Gasteiger partial charge in [0.25, 0.3) is 5.91 Å². The van der Waals surface area contributed by atoms with Crippen molar-refractivity contribution >= 4 is 11.6 Å². The number of amides is 1. The van der Waals surface area contributed by atoms with Crippen LogP contribution in [0.15, 0.2) is 72.8 Å². The van der Waals surface area contributed by atoms with Crippen LogP contribution in [0.25, 0.3) is 0 Å². The summed E-state index contributed by atoms with van der Waals surface area (Å²) < 4.78 is 10.7. The summed E-state index contributed by atoms with van der Waals surface area (Å²) in [6, 6.07) is 23.3. The van der Waals surface area contributed by atoms with Gasteiger partial charge in [-0.3, -0.25) is 4.79 Å². The highest BCUT2D eigenvalue weighted by Gasteiger charge is 2.14. The highest BCUT2D eigenvalue weighted by atomic mass is 16.7. The zero-order valence-electron chi connectivity index (χ0n) is 14.8. The summed E-state index contributed by atoms with van der Waals surface area (Å²) in [5, 5.41) is 6.31. The second kappa shape index (κ2) is 7.83. The molecule has 0 atom stereocenters. The van der Waals surface area contributed by atoms with Crippen LogP contribution < -0.4 is 20.1 Å². The van der Waals surface area contributed by atoms with Gasteiger partial charge in [0.05, 0.1) is 5.56 Å². The van der Waals surface area contributed by atoms with Crippen LogP contribution in [0, 0.1) is 0 Å². The Kier molecular flexibility index (Phi) is 4.92. The number of fused-ring (bicyclic) bond motifs is 1. The molecule has 0 unspecified atom stereocenters. The van der Waals surface area contributed by atoms with Gasteiger partial charge >= 0.3 is 0 Å². The van der Waals surface area contributed by atoms with Gasteiger partial charge in [-0.25, -0.2) is 0 Å². The molecule has 27 heavy (non-hydrogen) atoms. The van der Waals surface area contributed by atoms with E-state index in [4.69, 9.17) is 9.47 Å². The summed E-state index contributed by atoms with van der Waals surface area (Å²) in [6.45, 7) is 1.32. The van der Waals surface area contributed by atoms with E-state index in [1.165, 1.54) is 0 Å². The minimum absolute atomic E-state index is 0.121. The molecule has 3 aromatic carbocycles. The number of ether oxygens (including phenoxy) is 2. The third-order valence-corrected chi connectivity index (χ3v) is 4.39. The van der Waals surface area contributed by atoms with E-state index in [1.54, 1.807) is 0 Å². The molecular formula is C22H20N2O3. The molecule has 2 N–H and O–H groups in total. The summed E-state index contributed by atoms with van der Waals surface area (Å²) in [5.41, 5.74) is 3.55. The summed E-state index contributed by atoms with van der Waals surface area (Å²) in [5.74, 6) is 1.33. The van der Waals surface area contributed by atoms with Gasteiger partial charge in [-0.1, -0.05) is 48.5 Å². The van der Waals surface area contributed by atoms with E-state index < -0.39 is 0 Å². The van der Waals surface area contributed by atoms with E-state index in [0.29, 0.717) is 24.4 Å². The number of hydrogen-bond acceptors (Lipinski definition) is 4. The molecule has 0 spiro atoms. The van der Waals surface area contributed by atoms with E-state index >= 15 is 0 Å². The lowest BCUT2D eigenvalue weighted by atomic mass is 10.1. The highest BCUT2D eigenvalue weighted by molar-refractivity contribution is 5.99. The Balaban J connectivity index is 1.41. The Morgan fingerprint density at radius 3 is 2.48 bits per heavy atom. The number of carbonyl (C=O) groups is 1. The molecule has 4 rings (SSSR count). The van der Waals surface area contributed by atoms with Crippen LogP contribution in [0.5, 0.6) is 11.5 Å². The molecule has 0 aliphatic carbocycles. The molecule has 1 amide bonds. The molecule has 0 fully saturated rings. The Hall–Kier alpha value is -3.47. The molecule has 136 valence electrons. The fourth-order valence-electron chi connectivity index (χ4n) is 2.96. The van der Waals surface area contributed by atoms with Gasteiger partial charge in [0.2, 0.25) is 6.79 Å². The summed E-state index contributed by atoms with van der Waals surface area (Å²) in [7, 11) is 0. The normalized spacial score (nSPS) is 11.9. The quantitative estimate of drug-likeness (QED) is 0.699. The Bertz CT molecular complexity index is 941. The lowest BCUT2D eigenvalue weighted by Gasteiger charge is -2.12. The second-order valence-corrected chi connectivity index (χ2v) is 6.26. The van der Waals surface area contributed by atoms with Crippen LogP contribution in [0.4, 0.5) is 5.69 Å². The standard InChI is InChI=1S/C22H20N2O3/c25-22(24-14-17-10-11-20-21(12-17)27-15-26-20)18-8-4-5-9-19(18)23-13-16-6-2-1-3-7-16/h1-12,23H,13-15H2,(H,24,25). The monoisotopic (exact) mass is 360 g/mol. The lowest BCUT2D eigenvalue weighted by Crippen LogP contribution is -2.23. The molecule has 0 aromatic heterocycles. The van der Waals surface area contributed by atoms with E-state index in [0.717, 1.165) is 22.6 Å². The van der Waals surface area contributed by atoms with Crippen LogP contribution in [-0.2, 0) is 13.1 Å². The number of hydrogen-bond donors (Lipinski definition) is 2. The van der Waals surface area contributed by atoms with E-state index in [2.05, 4.69) is 22.8 Å². The molecule has 0 saturated carbocycles. The molecular weight excluding hydrogens is 340 g/mol. The molecule has 0 bridgehead atoms. The van der Waals surface area contributed by atoms with Gasteiger partial charge in [-0.05, 0) is 35.4 Å². The third-order valence-electron chi connectivity index (χ3n) is 4.39. The maximum Gasteiger partial charge on any atom is 0.253 e. The first-order valence-corrected chi connectivity index (χ1v) is 8.83. The zero-order chi connectivity index (χ0) is 18.5. The van der Waals surface area contributed by atoms with E-state index in [9.17, 15) is 4.79 Å². The topological polar surface area (TPSA) is 59.6 Å². The summed E-state index contributed by atoms with van der Waals surface area (Å²) >= 11 is 0. The van der Waals surface area contributed by atoms with Crippen LogP contribution in [0.1, 0.15) is 21.5 Å². The first kappa shape index (κ1) is 17.0. The molecule has 5 heteroatoms. The molecule has 0 saturated heterocycles. The van der Waals surface area contributed by atoms with Crippen molar-refractivity contribution in [3.63, 3.8) is 0 Å². The number of benzene rings is 3. The average molecular weight is 360 g/mol. The van der Waals surface area contributed by atoms with E-state index in [-0.39, 0.29) is 12.7 Å². The Labute approximate surface area is 157 Å². The van der Waals surface area contributed by atoms with Crippen molar-refractivity contribution in [1.82, 2.24) is 5.32 Å². The number of carbonyl (C=O) groups excluding carboxylic acids is 1.